The summed E-state index contributed by atoms with van der Waals surface area (Å²) in [7, 11) is 1.39. The number of hydrogen-bond donors (Lipinski definition) is 0. The molecule has 2 aliphatic rings. The van der Waals surface area contributed by atoms with Gasteiger partial charge in [0.15, 0.2) is 0 Å². The largest absolute Gasteiger partial charge is 0.476 e. The van der Waals surface area contributed by atoms with Crippen molar-refractivity contribution >= 4 is 11.5 Å². The van der Waals surface area contributed by atoms with E-state index < -0.39 is 4.92 Å². The van der Waals surface area contributed by atoms with E-state index in [1.165, 1.54) is 19.6 Å². The van der Waals surface area contributed by atoms with Crippen molar-refractivity contribution < 1.29 is 14.4 Å². The smallest absolute Gasteiger partial charge is 0.331 e. The van der Waals surface area contributed by atoms with Crippen LogP contribution in [0.15, 0.2) is 12.1 Å². The van der Waals surface area contributed by atoms with Gasteiger partial charge in [-0.05, 0) is 18.9 Å². The van der Waals surface area contributed by atoms with E-state index >= 15 is 0 Å². The molecule has 0 unspecified atom stereocenters. The molecule has 0 aliphatic carbocycles. The van der Waals surface area contributed by atoms with Crippen LogP contribution in [-0.2, 0) is 4.74 Å². The third kappa shape index (κ3) is 2.18. The average molecular weight is 279 g/mol. The maximum Gasteiger partial charge on any atom is 0.331 e. The van der Waals surface area contributed by atoms with Gasteiger partial charge < -0.3 is 14.4 Å². The Kier molecular flexibility index (Phi) is 3.21. The van der Waals surface area contributed by atoms with Crippen molar-refractivity contribution in [1.82, 2.24) is 4.98 Å². The summed E-state index contributed by atoms with van der Waals surface area (Å²) in [5.41, 5.74) is 0.141. The third-order valence-electron chi connectivity index (χ3n) is 4.00. The minimum Gasteiger partial charge on any atom is -0.476 e. The van der Waals surface area contributed by atoms with Gasteiger partial charge >= 0.3 is 5.69 Å². The summed E-state index contributed by atoms with van der Waals surface area (Å²) < 4.78 is 10.5. The molecular weight excluding hydrogens is 262 g/mol. The number of nitro groups is 1. The van der Waals surface area contributed by atoms with Crippen LogP contribution >= 0.6 is 0 Å². The lowest BCUT2D eigenvalue weighted by atomic mass is 9.75. The number of pyridine rings is 1. The van der Waals surface area contributed by atoms with E-state index in [2.05, 4.69) is 9.88 Å². The second-order valence-electron chi connectivity index (χ2n) is 5.47. The molecule has 2 saturated heterocycles. The summed E-state index contributed by atoms with van der Waals surface area (Å²) in [6.07, 6.45) is 2.28. The molecule has 2 aliphatic heterocycles. The molecule has 1 aromatic heterocycles. The maximum absolute atomic E-state index is 10.8. The minimum atomic E-state index is -0.484. The van der Waals surface area contributed by atoms with Crippen molar-refractivity contribution in [2.75, 3.05) is 38.3 Å². The first-order valence-corrected chi connectivity index (χ1v) is 6.66. The predicted octanol–water partition coefficient (Wildman–Crippen LogP) is 1.62. The molecule has 3 rings (SSSR count). The zero-order chi connectivity index (χ0) is 14.2. The molecule has 2 fully saturated rings. The normalized spacial score (nSPS) is 20.6. The standard InChI is InChI=1S/C13H17N3O4/c1-19-12-10(16(17)18)3-4-11(14-12)15-7-13(8-15)5-2-6-20-9-13/h3-4H,2,5-9H2,1H3. The first kappa shape index (κ1) is 13.1. The topological polar surface area (TPSA) is 77.7 Å². The number of rotatable bonds is 3. The van der Waals surface area contributed by atoms with Gasteiger partial charge in [0.25, 0.3) is 5.88 Å². The van der Waals surface area contributed by atoms with E-state index in [0.29, 0.717) is 0 Å². The molecule has 1 aromatic rings. The van der Waals surface area contributed by atoms with Crippen molar-refractivity contribution in [2.24, 2.45) is 5.41 Å². The minimum absolute atomic E-state index is 0.0633. The van der Waals surface area contributed by atoms with Crippen LogP contribution < -0.4 is 9.64 Å². The molecule has 0 saturated carbocycles. The molecular formula is C13H17N3O4. The maximum atomic E-state index is 10.8. The van der Waals surface area contributed by atoms with Crippen LogP contribution in [0.2, 0.25) is 0 Å². The predicted molar refractivity (Wildman–Crippen MR) is 72.1 cm³/mol. The number of hydrogen-bond acceptors (Lipinski definition) is 6. The first-order valence-electron chi connectivity index (χ1n) is 6.66. The van der Waals surface area contributed by atoms with Gasteiger partial charge in [0.05, 0.1) is 18.6 Å². The molecule has 0 N–H and O–H groups in total. The summed E-state index contributed by atoms with van der Waals surface area (Å²) in [6.45, 7) is 3.43. The highest BCUT2D eigenvalue weighted by Crippen LogP contribution is 2.41. The second kappa shape index (κ2) is 4.90. The molecule has 7 nitrogen and oxygen atoms in total. The van der Waals surface area contributed by atoms with Crippen molar-refractivity contribution in [3.8, 4) is 5.88 Å². The van der Waals surface area contributed by atoms with Crippen LogP contribution in [0.1, 0.15) is 12.8 Å². The summed E-state index contributed by atoms with van der Waals surface area (Å²) in [5.74, 6) is 0.789. The Hall–Kier alpha value is -1.89. The lowest BCUT2D eigenvalue weighted by molar-refractivity contribution is -0.386. The van der Waals surface area contributed by atoms with Crippen molar-refractivity contribution in [3.05, 3.63) is 22.2 Å². The fourth-order valence-corrected chi connectivity index (χ4v) is 2.97. The quantitative estimate of drug-likeness (QED) is 0.618. The van der Waals surface area contributed by atoms with E-state index in [1.54, 1.807) is 6.07 Å². The molecule has 0 bridgehead atoms. The fraction of sp³-hybridized carbons (Fsp3) is 0.615. The van der Waals surface area contributed by atoms with Crippen molar-refractivity contribution in [2.45, 2.75) is 12.8 Å². The molecule has 7 heteroatoms. The van der Waals surface area contributed by atoms with Crippen LogP contribution in [-0.4, -0.2) is 43.3 Å². The monoisotopic (exact) mass is 279 g/mol. The van der Waals surface area contributed by atoms with Gasteiger partial charge in [0, 0.05) is 31.2 Å². The highest BCUT2D eigenvalue weighted by Gasteiger charge is 2.45. The molecule has 0 amide bonds. The zero-order valence-corrected chi connectivity index (χ0v) is 11.4. The Morgan fingerprint density at radius 1 is 1.50 bits per heavy atom. The van der Waals surface area contributed by atoms with E-state index in [4.69, 9.17) is 9.47 Å². The SMILES string of the molecule is COc1nc(N2CC3(CCCOC3)C2)ccc1[N+](=O)[O-]. The Labute approximate surface area is 116 Å². The highest BCUT2D eigenvalue weighted by atomic mass is 16.6. The molecule has 108 valence electrons. The Balaban J connectivity index is 1.74. The van der Waals surface area contributed by atoms with Crippen molar-refractivity contribution in [1.29, 1.82) is 0 Å². The summed E-state index contributed by atoms with van der Waals surface area (Å²) in [6, 6.07) is 3.13. The summed E-state index contributed by atoms with van der Waals surface area (Å²) in [4.78, 5) is 16.7. The number of methoxy groups -OCH3 is 1. The molecule has 0 aromatic carbocycles. The second-order valence-corrected chi connectivity index (χ2v) is 5.47. The van der Waals surface area contributed by atoms with Gasteiger partial charge in [-0.25, -0.2) is 0 Å². The van der Waals surface area contributed by atoms with E-state index in [9.17, 15) is 10.1 Å². The van der Waals surface area contributed by atoms with Crippen LogP contribution in [0, 0.1) is 15.5 Å². The van der Waals surface area contributed by atoms with Crippen LogP contribution in [0.3, 0.4) is 0 Å². The highest BCUT2D eigenvalue weighted by molar-refractivity contribution is 5.52. The fourth-order valence-electron chi connectivity index (χ4n) is 2.97. The van der Waals surface area contributed by atoms with Gasteiger partial charge in [-0.2, -0.15) is 4.98 Å². The Morgan fingerprint density at radius 2 is 2.30 bits per heavy atom. The van der Waals surface area contributed by atoms with E-state index in [-0.39, 0.29) is 17.0 Å². The van der Waals surface area contributed by atoms with Crippen molar-refractivity contribution in [3.63, 3.8) is 0 Å². The molecule has 1 spiro atoms. The first-order chi connectivity index (χ1) is 9.63. The van der Waals surface area contributed by atoms with Gasteiger partial charge in [0.1, 0.15) is 5.82 Å². The molecule has 0 atom stereocenters. The Bertz CT molecular complexity index is 520. The molecule has 3 heterocycles. The third-order valence-corrected chi connectivity index (χ3v) is 4.00. The lowest BCUT2D eigenvalue weighted by Gasteiger charge is -2.52. The Morgan fingerprint density at radius 3 is 2.90 bits per heavy atom. The van der Waals surface area contributed by atoms with Gasteiger partial charge in [0.2, 0.25) is 0 Å². The van der Waals surface area contributed by atoms with Crippen LogP contribution in [0.25, 0.3) is 0 Å². The van der Waals surface area contributed by atoms with Crippen LogP contribution in [0.5, 0.6) is 5.88 Å². The number of aromatic nitrogens is 1. The van der Waals surface area contributed by atoms with E-state index in [0.717, 1.165) is 38.5 Å². The van der Waals surface area contributed by atoms with Gasteiger partial charge in [-0.3, -0.25) is 10.1 Å². The summed E-state index contributed by atoms with van der Waals surface area (Å²) in [5, 5.41) is 10.8. The van der Waals surface area contributed by atoms with Gasteiger partial charge in [-0.15, -0.1) is 0 Å². The molecule has 20 heavy (non-hydrogen) atoms. The number of ether oxygens (including phenoxy) is 2. The van der Waals surface area contributed by atoms with Gasteiger partial charge in [-0.1, -0.05) is 0 Å². The van der Waals surface area contributed by atoms with Crippen LogP contribution in [0.4, 0.5) is 11.5 Å². The van der Waals surface area contributed by atoms with E-state index in [1.807, 2.05) is 0 Å². The molecule has 0 radical (unpaired) electrons. The number of anilines is 1. The number of nitrogens with zero attached hydrogens (tertiary/aromatic N) is 3. The lowest BCUT2D eigenvalue weighted by Crippen LogP contribution is -2.60. The summed E-state index contributed by atoms with van der Waals surface area (Å²) >= 11 is 0. The zero-order valence-electron chi connectivity index (χ0n) is 11.4. The average Bonchev–Trinajstić information content (AvgIpc) is 2.44.